The zero-order chi connectivity index (χ0) is 25.7. The Kier molecular flexibility index (Phi) is 8.45. The van der Waals surface area contributed by atoms with Gasteiger partial charge in [0.15, 0.2) is 17.3 Å². The molecule has 0 aliphatic heterocycles. The van der Waals surface area contributed by atoms with Crippen LogP contribution in [-0.2, 0) is 10.0 Å². The molecule has 1 saturated carbocycles. The summed E-state index contributed by atoms with van der Waals surface area (Å²) in [5, 5.41) is 7.07. The Morgan fingerprint density at radius 3 is 2.61 bits per heavy atom. The first-order chi connectivity index (χ1) is 17.2. The Morgan fingerprint density at radius 1 is 1.11 bits per heavy atom. The number of benzene rings is 2. The average Bonchev–Trinajstić information content (AvgIpc) is 2.85. The number of hydrogen-bond donors (Lipinski definition) is 3. The molecule has 0 saturated heterocycles. The fourth-order valence-electron chi connectivity index (χ4n) is 4.22. The van der Waals surface area contributed by atoms with Crippen LogP contribution in [0.4, 0.5) is 15.9 Å². The molecular formula is C24H29ClFN5O4S. The van der Waals surface area contributed by atoms with Crippen LogP contribution in [0.3, 0.4) is 0 Å². The number of aromatic nitrogens is 2. The van der Waals surface area contributed by atoms with E-state index in [0.717, 1.165) is 31.9 Å². The Bertz CT molecular complexity index is 1320. The molecular weight excluding hydrogens is 509 g/mol. The quantitative estimate of drug-likeness (QED) is 0.332. The molecule has 1 aromatic heterocycles. The summed E-state index contributed by atoms with van der Waals surface area (Å²) >= 11 is 5.92. The summed E-state index contributed by atoms with van der Waals surface area (Å²) in [6, 6.07) is 8.60. The third kappa shape index (κ3) is 6.73. The van der Waals surface area contributed by atoms with Gasteiger partial charge in [0, 0.05) is 30.6 Å². The molecule has 3 N–H and O–H groups in total. The molecule has 2 aromatic carbocycles. The number of hydrogen-bond acceptors (Lipinski definition) is 8. The number of rotatable bonds is 10. The van der Waals surface area contributed by atoms with Gasteiger partial charge in [0.25, 0.3) is 0 Å². The highest BCUT2D eigenvalue weighted by Gasteiger charge is 2.24. The van der Waals surface area contributed by atoms with Gasteiger partial charge < -0.3 is 20.1 Å². The summed E-state index contributed by atoms with van der Waals surface area (Å²) in [5.41, 5.74) is 0.827. The molecule has 0 spiro atoms. The standard InChI is InChI=1S/C24H29ClFN5O4S/c1-34-21-13-20-17(24(29-14-28-20)31-19-5-3-4-18(25)23(19)26)12-22(21)35-16-8-6-15(7-9-16)27-10-11-30-36(2,32)33/h3-5,12-16,27,30H,6-11H2,1-2H3,(H,28,29,31)/t15-,16+. The number of sulfonamides is 1. The predicted octanol–water partition coefficient (Wildman–Crippen LogP) is 4.00. The largest absolute Gasteiger partial charge is 0.493 e. The second kappa shape index (κ2) is 11.5. The second-order valence-electron chi connectivity index (χ2n) is 8.68. The summed E-state index contributed by atoms with van der Waals surface area (Å²) < 4.78 is 51.2. The number of fused-ring (bicyclic) bond motifs is 1. The van der Waals surface area contributed by atoms with E-state index in [2.05, 4.69) is 25.3 Å². The first kappa shape index (κ1) is 26.3. The molecule has 1 fully saturated rings. The molecule has 0 atom stereocenters. The van der Waals surface area contributed by atoms with Gasteiger partial charge >= 0.3 is 0 Å². The summed E-state index contributed by atoms with van der Waals surface area (Å²) in [4.78, 5) is 8.62. The number of anilines is 2. The van der Waals surface area contributed by atoms with E-state index in [1.165, 1.54) is 12.4 Å². The zero-order valence-electron chi connectivity index (χ0n) is 20.1. The molecule has 0 amide bonds. The summed E-state index contributed by atoms with van der Waals surface area (Å²) in [6.07, 6.45) is 6.02. The van der Waals surface area contributed by atoms with Crippen LogP contribution in [0, 0.1) is 5.82 Å². The first-order valence-corrected chi connectivity index (χ1v) is 13.9. The average molecular weight is 538 g/mol. The van der Waals surface area contributed by atoms with Gasteiger partial charge in [-0.25, -0.2) is 27.5 Å². The predicted molar refractivity (Wildman–Crippen MR) is 138 cm³/mol. The van der Waals surface area contributed by atoms with Crippen LogP contribution in [0.1, 0.15) is 25.7 Å². The topological polar surface area (TPSA) is 114 Å². The van der Waals surface area contributed by atoms with Crippen molar-refractivity contribution in [1.82, 2.24) is 20.0 Å². The summed E-state index contributed by atoms with van der Waals surface area (Å²) in [6.45, 7) is 0.936. The third-order valence-corrected chi connectivity index (χ3v) is 7.04. The van der Waals surface area contributed by atoms with Crippen LogP contribution in [-0.4, -0.2) is 57.0 Å². The Labute approximate surface area is 214 Å². The second-order valence-corrected chi connectivity index (χ2v) is 10.9. The molecule has 3 aromatic rings. The van der Waals surface area contributed by atoms with E-state index in [1.54, 1.807) is 31.4 Å². The van der Waals surface area contributed by atoms with Crippen LogP contribution in [0.15, 0.2) is 36.7 Å². The van der Waals surface area contributed by atoms with E-state index < -0.39 is 15.8 Å². The van der Waals surface area contributed by atoms with E-state index >= 15 is 0 Å². The maximum atomic E-state index is 14.5. The Hall–Kier alpha value is -2.73. The number of methoxy groups -OCH3 is 1. The SMILES string of the molecule is COc1cc2ncnc(Nc3cccc(Cl)c3F)c2cc1O[C@H]1CC[C@@H](NCCNS(C)(=O)=O)CC1. The monoisotopic (exact) mass is 537 g/mol. The minimum atomic E-state index is -3.18. The lowest BCUT2D eigenvalue weighted by molar-refractivity contribution is 0.135. The van der Waals surface area contributed by atoms with Gasteiger partial charge in [-0.3, -0.25) is 0 Å². The zero-order valence-corrected chi connectivity index (χ0v) is 21.6. The maximum absolute atomic E-state index is 14.5. The Morgan fingerprint density at radius 2 is 1.89 bits per heavy atom. The fraction of sp³-hybridized carbons (Fsp3) is 0.417. The van der Waals surface area contributed by atoms with Crippen LogP contribution < -0.4 is 24.8 Å². The van der Waals surface area contributed by atoms with E-state index in [0.29, 0.717) is 47.4 Å². The number of nitrogens with zero attached hydrogens (tertiary/aromatic N) is 2. The van der Waals surface area contributed by atoms with E-state index in [1.807, 2.05) is 0 Å². The highest BCUT2D eigenvalue weighted by atomic mass is 35.5. The highest BCUT2D eigenvalue weighted by molar-refractivity contribution is 7.88. The van der Waals surface area contributed by atoms with Crippen molar-refractivity contribution in [3.05, 3.63) is 47.5 Å². The van der Waals surface area contributed by atoms with Gasteiger partial charge in [-0.05, 0) is 43.9 Å². The molecule has 36 heavy (non-hydrogen) atoms. The molecule has 12 heteroatoms. The van der Waals surface area contributed by atoms with Crippen molar-refractivity contribution < 1.29 is 22.3 Å². The van der Waals surface area contributed by atoms with E-state index in [9.17, 15) is 12.8 Å². The molecule has 4 rings (SSSR count). The highest BCUT2D eigenvalue weighted by Crippen LogP contribution is 2.37. The number of ether oxygens (including phenoxy) is 2. The van der Waals surface area contributed by atoms with Gasteiger partial charge in [-0.2, -0.15) is 0 Å². The van der Waals surface area contributed by atoms with Crippen LogP contribution in [0.2, 0.25) is 5.02 Å². The molecule has 0 unspecified atom stereocenters. The number of nitrogens with one attached hydrogen (secondary N) is 3. The maximum Gasteiger partial charge on any atom is 0.208 e. The van der Waals surface area contributed by atoms with Crippen LogP contribution >= 0.6 is 11.6 Å². The fourth-order valence-corrected chi connectivity index (χ4v) is 4.87. The van der Waals surface area contributed by atoms with Crippen LogP contribution in [0.25, 0.3) is 10.9 Å². The van der Waals surface area contributed by atoms with Crippen molar-refractivity contribution >= 4 is 44.0 Å². The van der Waals surface area contributed by atoms with Crippen molar-refractivity contribution in [3.8, 4) is 11.5 Å². The van der Waals surface area contributed by atoms with Gasteiger partial charge in [0.2, 0.25) is 10.0 Å². The van der Waals surface area contributed by atoms with Crippen molar-refractivity contribution in [2.24, 2.45) is 0 Å². The lowest BCUT2D eigenvalue weighted by atomic mass is 9.93. The molecule has 0 bridgehead atoms. The van der Waals surface area contributed by atoms with Gasteiger partial charge in [-0.1, -0.05) is 17.7 Å². The lowest BCUT2D eigenvalue weighted by Crippen LogP contribution is -2.40. The summed E-state index contributed by atoms with van der Waals surface area (Å²) in [5.74, 6) is 0.967. The number of halogens is 2. The van der Waals surface area contributed by atoms with Crippen molar-refractivity contribution in [2.75, 3.05) is 31.8 Å². The molecule has 1 aliphatic rings. The van der Waals surface area contributed by atoms with E-state index in [4.69, 9.17) is 21.1 Å². The first-order valence-electron chi connectivity index (χ1n) is 11.6. The molecule has 1 aliphatic carbocycles. The van der Waals surface area contributed by atoms with Gasteiger partial charge in [0.1, 0.15) is 12.1 Å². The minimum absolute atomic E-state index is 0.00467. The van der Waals surface area contributed by atoms with Crippen LogP contribution in [0.5, 0.6) is 11.5 Å². The van der Waals surface area contributed by atoms with Crippen molar-refractivity contribution in [2.45, 2.75) is 37.8 Å². The smallest absolute Gasteiger partial charge is 0.208 e. The van der Waals surface area contributed by atoms with Crippen molar-refractivity contribution in [3.63, 3.8) is 0 Å². The summed E-state index contributed by atoms with van der Waals surface area (Å²) in [7, 11) is -1.61. The minimum Gasteiger partial charge on any atom is -0.493 e. The molecule has 1 heterocycles. The normalized spacial score (nSPS) is 18.2. The molecule has 0 radical (unpaired) electrons. The van der Waals surface area contributed by atoms with Gasteiger partial charge in [0.05, 0.1) is 35.7 Å². The molecule has 194 valence electrons. The Balaban J connectivity index is 1.45. The lowest BCUT2D eigenvalue weighted by Gasteiger charge is -2.30. The third-order valence-electron chi connectivity index (χ3n) is 6.02. The van der Waals surface area contributed by atoms with Gasteiger partial charge in [-0.15, -0.1) is 0 Å². The van der Waals surface area contributed by atoms with Crippen molar-refractivity contribution in [1.29, 1.82) is 0 Å². The molecule has 9 nitrogen and oxygen atoms in total. The van der Waals surface area contributed by atoms with E-state index in [-0.39, 0.29) is 16.8 Å².